The summed E-state index contributed by atoms with van der Waals surface area (Å²) < 4.78 is 16.4. The molecule has 0 bridgehead atoms. The molecule has 2 aromatic carbocycles. The van der Waals surface area contributed by atoms with Crippen molar-refractivity contribution in [2.45, 2.75) is 0 Å². The minimum absolute atomic E-state index is 0.272. The van der Waals surface area contributed by atoms with E-state index in [1.54, 1.807) is 23.1 Å². The van der Waals surface area contributed by atoms with Crippen LogP contribution in [-0.4, -0.2) is 62.0 Å². The van der Waals surface area contributed by atoms with E-state index >= 15 is 0 Å². The molecular weight excluding hydrogens is 467 g/mol. The van der Waals surface area contributed by atoms with Gasteiger partial charge in [-0.1, -0.05) is 12.1 Å². The Morgan fingerprint density at radius 1 is 1.00 bits per heavy atom. The number of fused-ring (bicyclic) bond motifs is 2. The predicted octanol–water partition coefficient (Wildman–Crippen LogP) is 5.29. The smallest absolute Gasteiger partial charge is 0.125 e. The average molecular weight is 495 g/mol. The van der Waals surface area contributed by atoms with Gasteiger partial charge in [0.2, 0.25) is 0 Å². The van der Waals surface area contributed by atoms with Crippen molar-refractivity contribution in [2.75, 3.05) is 32.5 Å². The van der Waals surface area contributed by atoms with Crippen LogP contribution in [0.1, 0.15) is 0 Å². The van der Waals surface area contributed by atoms with Crippen molar-refractivity contribution in [3.8, 4) is 33.8 Å². The summed E-state index contributed by atoms with van der Waals surface area (Å²) in [5.41, 5.74) is 7.78. The van der Waals surface area contributed by atoms with E-state index in [-0.39, 0.29) is 5.82 Å². The van der Waals surface area contributed by atoms with E-state index in [0.29, 0.717) is 0 Å². The van der Waals surface area contributed by atoms with E-state index in [0.717, 1.165) is 74.4 Å². The zero-order chi connectivity index (χ0) is 25.5. The first-order valence-electron chi connectivity index (χ1n) is 12.1. The number of H-pyrrole nitrogens is 2. The summed E-state index contributed by atoms with van der Waals surface area (Å²) in [5.74, 6) is -0.272. The Morgan fingerprint density at radius 2 is 1.89 bits per heavy atom. The third-order valence-electron chi connectivity index (χ3n) is 6.46. The molecule has 0 saturated heterocycles. The maximum absolute atomic E-state index is 14.6. The van der Waals surface area contributed by atoms with Crippen LogP contribution in [0.15, 0.2) is 67.1 Å². The standard InChI is InChI=1S/C28H27FN8/c1-36(2)8-7-30-20-10-17(9-19(29)11-20)21-5-4-6-24-22(21)12-26(33-24)28-23-13-25(18-14-32-37(3)16-18)31-15-27(23)34-35-28/h4-6,9-16,30,33H,7-8H2,1-3H3,(H,34,35). The van der Waals surface area contributed by atoms with Crippen LogP contribution in [-0.2, 0) is 7.05 Å². The van der Waals surface area contributed by atoms with Gasteiger partial charge < -0.3 is 15.2 Å². The number of rotatable bonds is 7. The van der Waals surface area contributed by atoms with Gasteiger partial charge >= 0.3 is 0 Å². The zero-order valence-corrected chi connectivity index (χ0v) is 20.9. The average Bonchev–Trinajstić information content (AvgIpc) is 3.60. The second kappa shape index (κ2) is 9.18. The van der Waals surface area contributed by atoms with Crippen molar-refractivity contribution in [3.05, 3.63) is 72.9 Å². The van der Waals surface area contributed by atoms with Crippen LogP contribution in [0.3, 0.4) is 0 Å². The van der Waals surface area contributed by atoms with Crippen molar-refractivity contribution in [3.63, 3.8) is 0 Å². The summed E-state index contributed by atoms with van der Waals surface area (Å²) in [6.45, 7) is 1.59. The summed E-state index contributed by atoms with van der Waals surface area (Å²) in [6, 6.07) is 15.2. The molecule has 3 N–H and O–H groups in total. The summed E-state index contributed by atoms with van der Waals surface area (Å²) in [6.07, 6.45) is 5.53. The monoisotopic (exact) mass is 494 g/mol. The second-order valence-corrected chi connectivity index (χ2v) is 9.50. The van der Waals surface area contributed by atoms with Gasteiger partial charge in [-0.2, -0.15) is 10.2 Å². The fourth-order valence-corrected chi connectivity index (χ4v) is 4.64. The minimum Gasteiger partial charge on any atom is -0.384 e. The lowest BCUT2D eigenvalue weighted by molar-refractivity contribution is 0.425. The maximum Gasteiger partial charge on any atom is 0.125 e. The zero-order valence-electron chi connectivity index (χ0n) is 20.9. The molecule has 0 aliphatic rings. The highest BCUT2D eigenvalue weighted by Crippen LogP contribution is 2.35. The molecule has 186 valence electrons. The van der Waals surface area contributed by atoms with E-state index in [1.807, 2.05) is 57.7 Å². The molecule has 37 heavy (non-hydrogen) atoms. The van der Waals surface area contributed by atoms with E-state index in [2.05, 4.69) is 41.5 Å². The van der Waals surface area contributed by atoms with Crippen LogP contribution in [0, 0.1) is 5.82 Å². The molecule has 8 nitrogen and oxygen atoms in total. The van der Waals surface area contributed by atoms with E-state index in [1.165, 1.54) is 6.07 Å². The molecule has 0 atom stereocenters. The highest BCUT2D eigenvalue weighted by atomic mass is 19.1. The molecule has 9 heteroatoms. The van der Waals surface area contributed by atoms with Crippen molar-refractivity contribution in [2.24, 2.45) is 7.05 Å². The highest BCUT2D eigenvalue weighted by molar-refractivity contribution is 6.01. The number of likely N-dealkylation sites (N-methyl/N-ethyl adjacent to an activating group) is 1. The van der Waals surface area contributed by atoms with Gasteiger partial charge in [-0.25, -0.2) is 4.39 Å². The van der Waals surface area contributed by atoms with Gasteiger partial charge in [0.15, 0.2) is 0 Å². The Balaban J connectivity index is 1.40. The van der Waals surface area contributed by atoms with Crippen LogP contribution in [0.2, 0.25) is 0 Å². The lowest BCUT2D eigenvalue weighted by Gasteiger charge is -2.13. The molecular formula is C28H27FN8. The van der Waals surface area contributed by atoms with Gasteiger partial charge in [-0.05, 0) is 61.6 Å². The Morgan fingerprint density at radius 3 is 2.70 bits per heavy atom. The molecule has 4 aromatic heterocycles. The third-order valence-corrected chi connectivity index (χ3v) is 6.46. The van der Waals surface area contributed by atoms with Gasteiger partial charge in [0, 0.05) is 53.9 Å². The Hall–Kier alpha value is -4.50. The second-order valence-electron chi connectivity index (χ2n) is 9.50. The number of nitrogens with one attached hydrogen (secondary N) is 3. The molecule has 6 rings (SSSR count). The van der Waals surface area contributed by atoms with Gasteiger partial charge in [0.25, 0.3) is 0 Å². The minimum atomic E-state index is -0.272. The number of nitrogens with zero attached hydrogens (tertiary/aromatic N) is 5. The summed E-state index contributed by atoms with van der Waals surface area (Å²) in [4.78, 5) is 10.2. The number of pyridine rings is 1. The van der Waals surface area contributed by atoms with Gasteiger partial charge in [0.1, 0.15) is 11.5 Å². The first kappa shape index (κ1) is 22.9. The maximum atomic E-state index is 14.6. The molecule has 0 aliphatic heterocycles. The molecule has 0 amide bonds. The van der Waals surface area contributed by atoms with Crippen molar-refractivity contribution < 1.29 is 4.39 Å². The summed E-state index contributed by atoms with van der Waals surface area (Å²) in [7, 11) is 5.91. The van der Waals surface area contributed by atoms with Crippen molar-refractivity contribution in [1.82, 2.24) is 34.8 Å². The molecule has 0 saturated carbocycles. The van der Waals surface area contributed by atoms with Crippen LogP contribution in [0.4, 0.5) is 10.1 Å². The molecule has 0 spiro atoms. The van der Waals surface area contributed by atoms with Crippen molar-refractivity contribution in [1.29, 1.82) is 0 Å². The molecule has 4 heterocycles. The van der Waals surface area contributed by atoms with E-state index in [9.17, 15) is 4.39 Å². The Bertz CT molecular complexity index is 1730. The SMILES string of the molecule is CN(C)CCNc1cc(F)cc(-c2cccc3[nH]c(-c4n[nH]c5cnc(-c6cnn(C)c6)cc45)cc23)c1. The third kappa shape index (κ3) is 4.45. The van der Waals surface area contributed by atoms with Crippen LogP contribution in [0.5, 0.6) is 0 Å². The quantitative estimate of drug-likeness (QED) is 0.281. The first-order valence-corrected chi connectivity index (χ1v) is 12.1. The number of halogens is 1. The summed E-state index contributed by atoms with van der Waals surface area (Å²) >= 11 is 0. The largest absolute Gasteiger partial charge is 0.384 e. The fourth-order valence-electron chi connectivity index (χ4n) is 4.64. The number of benzene rings is 2. The Labute approximate surface area is 213 Å². The normalized spacial score (nSPS) is 11.7. The van der Waals surface area contributed by atoms with Gasteiger partial charge in [-0.3, -0.25) is 14.8 Å². The number of aryl methyl sites for hydroxylation is 1. The molecule has 0 unspecified atom stereocenters. The number of aromatic amines is 2. The molecule has 0 fully saturated rings. The van der Waals surface area contributed by atoms with E-state index < -0.39 is 0 Å². The van der Waals surface area contributed by atoms with Crippen LogP contribution >= 0.6 is 0 Å². The summed E-state index contributed by atoms with van der Waals surface area (Å²) in [5, 5.41) is 17.2. The number of anilines is 1. The van der Waals surface area contributed by atoms with Gasteiger partial charge in [-0.15, -0.1) is 0 Å². The lowest BCUT2D eigenvalue weighted by Crippen LogP contribution is -2.20. The van der Waals surface area contributed by atoms with Gasteiger partial charge in [0.05, 0.1) is 29.3 Å². The van der Waals surface area contributed by atoms with Crippen LogP contribution in [0.25, 0.3) is 55.6 Å². The Kier molecular flexibility index (Phi) is 5.69. The number of hydrogen-bond donors (Lipinski definition) is 3. The fraction of sp³-hybridized carbons (Fsp3) is 0.179. The van der Waals surface area contributed by atoms with E-state index in [4.69, 9.17) is 0 Å². The predicted molar refractivity (Wildman–Crippen MR) is 146 cm³/mol. The molecule has 0 aliphatic carbocycles. The topological polar surface area (TPSA) is 90.4 Å². The molecule has 0 radical (unpaired) electrons. The van der Waals surface area contributed by atoms with Crippen LogP contribution < -0.4 is 5.32 Å². The highest BCUT2D eigenvalue weighted by Gasteiger charge is 2.16. The number of aromatic nitrogens is 6. The first-order chi connectivity index (χ1) is 17.9. The lowest BCUT2D eigenvalue weighted by atomic mass is 10.0. The number of hydrogen-bond acceptors (Lipinski definition) is 5. The molecule has 6 aromatic rings. The van der Waals surface area contributed by atoms with Crippen molar-refractivity contribution >= 4 is 27.5 Å².